The fourth-order valence-corrected chi connectivity index (χ4v) is 4.60. The molecule has 156 valence electrons. The Balaban J connectivity index is 1.40. The number of halogens is 1. The Morgan fingerprint density at radius 2 is 2.14 bits per heavy atom. The van der Waals surface area contributed by atoms with Gasteiger partial charge in [0.1, 0.15) is 12.4 Å². The first-order chi connectivity index (χ1) is 13.9. The zero-order valence-electron chi connectivity index (χ0n) is 17.2. The molecule has 1 spiro atoms. The van der Waals surface area contributed by atoms with Crippen LogP contribution < -0.4 is 0 Å². The third-order valence-electron chi connectivity index (χ3n) is 6.32. The van der Waals surface area contributed by atoms with Crippen LogP contribution in [-0.2, 0) is 11.3 Å². The van der Waals surface area contributed by atoms with Crippen LogP contribution in [0.1, 0.15) is 52.9 Å². The summed E-state index contributed by atoms with van der Waals surface area (Å²) in [4.78, 5) is 21.4. The van der Waals surface area contributed by atoms with E-state index in [4.69, 9.17) is 9.26 Å². The third kappa shape index (κ3) is 3.91. The van der Waals surface area contributed by atoms with Gasteiger partial charge in [-0.25, -0.2) is 4.39 Å². The molecular formula is C21H27FN4O3. The van der Waals surface area contributed by atoms with Crippen molar-refractivity contribution in [2.75, 3.05) is 33.8 Å². The highest BCUT2D eigenvalue weighted by Gasteiger charge is 2.46. The van der Waals surface area contributed by atoms with E-state index in [9.17, 15) is 9.18 Å². The second-order valence-corrected chi connectivity index (χ2v) is 8.37. The Bertz CT molecular complexity index is 892. The minimum absolute atomic E-state index is 0.0935. The highest BCUT2D eigenvalue weighted by Crippen LogP contribution is 2.47. The molecule has 4 rings (SSSR count). The number of nitrogens with zero attached hydrogens (tertiary/aromatic N) is 4. The lowest BCUT2D eigenvalue weighted by Gasteiger charge is -2.39. The lowest BCUT2D eigenvalue weighted by molar-refractivity contribution is 0.0593. The normalized spacial score (nSPS) is 21.8. The molecule has 0 aliphatic carbocycles. The van der Waals surface area contributed by atoms with E-state index in [1.54, 1.807) is 26.2 Å². The monoisotopic (exact) mass is 402 g/mol. The van der Waals surface area contributed by atoms with Gasteiger partial charge in [0.2, 0.25) is 0 Å². The summed E-state index contributed by atoms with van der Waals surface area (Å²) in [5.41, 5.74) is 1.11. The summed E-state index contributed by atoms with van der Waals surface area (Å²) in [6, 6.07) is 4.82. The molecule has 2 saturated heterocycles. The number of hydrogen-bond donors (Lipinski definition) is 0. The molecule has 8 heteroatoms. The molecule has 2 aliphatic rings. The van der Waals surface area contributed by atoms with Crippen molar-refractivity contribution in [1.82, 2.24) is 19.9 Å². The molecule has 1 unspecified atom stereocenters. The van der Waals surface area contributed by atoms with Gasteiger partial charge in [0.05, 0.1) is 6.04 Å². The van der Waals surface area contributed by atoms with E-state index < -0.39 is 0 Å². The van der Waals surface area contributed by atoms with E-state index >= 15 is 0 Å². The molecule has 0 bridgehead atoms. The Kier molecular flexibility index (Phi) is 5.40. The molecule has 29 heavy (non-hydrogen) atoms. The fraction of sp³-hybridized carbons (Fsp3) is 0.571. The molecule has 1 aromatic carbocycles. The van der Waals surface area contributed by atoms with E-state index in [-0.39, 0.29) is 23.2 Å². The number of hydrogen-bond acceptors (Lipinski definition) is 6. The summed E-state index contributed by atoms with van der Waals surface area (Å²) in [5.74, 6) is 0.759. The number of aromatic nitrogens is 2. The molecule has 2 aromatic rings. The number of benzene rings is 1. The van der Waals surface area contributed by atoms with Crippen LogP contribution in [0.15, 0.2) is 22.7 Å². The molecule has 2 aliphatic heterocycles. The van der Waals surface area contributed by atoms with Crippen LogP contribution in [0, 0.1) is 18.2 Å². The van der Waals surface area contributed by atoms with Gasteiger partial charge < -0.3 is 14.2 Å². The molecule has 0 saturated carbocycles. The Labute approximate surface area is 169 Å². The number of amides is 1. The average Bonchev–Trinajstić information content (AvgIpc) is 3.29. The van der Waals surface area contributed by atoms with E-state index in [0.717, 1.165) is 25.8 Å². The first-order valence-electron chi connectivity index (χ1n) is 9.98. The maximum absolute atomic E-state index is 13.8. The van der Waals surface area contributed by atoms with Crippen LogP contribution in [0.2, 0.25) is 0 Å². The van der Waals surface area contributed by atoms with Crippen LogP contribution in [0.5, 0.6) is 0 Å². The number of carbonyl (C=O) groups is 1. The van der Waals surface area contributed by atoms with Gasteiger partial charge >= 0.3 is 0 Å². The number of carbonyl (C=O) groups excluding carboxylic acids is 1. The molecule has 1 atom stereocenters. The summed E-state index contributed by atoms with van der Waals surface area (Å²) >= 11 is 0. The van der Waals surface area contributed by atoms with E-state index in [0.29, 0.717) is 42.5 Å². The van der Waals surface area contributed by atoms with Crippen molar-refractivity contribution >= 4 is 5.91 Å². The molecule has 0 N–H and O–H groups in total. The van der Waals surface area contributed by atoms with Crippen molar-refractivity contribution < 1.29 is 18.4 Å². The smallest absolute Gasteiger partial charge is 0.253 e. The lowest BCUT2D eigenvalue weighted by atomic mass is 9.76. The van der Waals surface area contributed by atoms with Gasteiger partial charge in [-0.15, -0.1) is 0 Å². The maximum Gasteiger partial charge on any atom is 0.253 e. The second-order valence-electron chi connectivity index (χ2n) is 8.37. The molecule has 0 radical (unpaired) electrons. The van der Waals surface area contributed by atoms with Gasteiger partial charge in [0.15, 0.2) is 5.82 Å². The fourth-order valence-electron chi connectivity index (χ4n) is 4.60. The Morgan fingerprint density at radius 3 is 2.83 bits per heavy atom. The van der Waals surface area contributed by atoms with Gasteiger partial charge in [0.25, 0.3) is 11.8 Å². The summed E-state index contributed by atoms with van der Waals surface area (Å²) in [6.07, 6.45) is 2.77. The number of methoxy groups -OCH3 is 1. The highest BCUT2D eigenvalue weighted by molar-refractivity contribution is 5.94. The van der Waals surface area contributed by atoms with Gasteiger partial charge in [-0.2, -0.15) is 4.98 Å². The summed E-state index contributed by atoms with van der Waals surface area (Å²) in [7, 11) is 3.68. The summed E-state index contributed by atoms with van der Waals surface area (Å²) in [5, 5.41) is 4.14. The summed E-state index contributed by atoms with van der Waals surface area (Å²) < 4.78 is 24.2. The van der Waals surface area contributed by atoms with Crippen LogP contribution >= 0.6 is 0 Å². The molecule has 1 aromatic heterocycles. The van der Waals surface area contributed by atoms with Crippen molar-refractivity contribution in [1.29, 1.82) is 0 Å². The second kappa shape index (κ2) is 7.84. The van der Waals surface area contributed by atoms with Crippen molar-refractivity contribution in [3.8, 4) is 0 Å². The number of piperidine rings is 1. The topological polar surface area (TPSA) is 71.7 Å². The molecule has 7 nitrogen and oxygen atoms in total. The van der Waals surface area contributed by atoms with Gasteiger partial charge in [0, 0.05) is 32.3 Å². The van der Waals surface area contributed by atoms with Crippen LogP contribution in [0.25, 0.3) is 0 Å². The van der Waals surface area contributed by atoms with E-state index in [1.165, 1.54) is 6.07 Å². The highest BCUT2D eigenvalue weighted by atomic mass is 19.1. The minimum Gasteiger partial charge on any atom is -0.375 e. The first kappa shape index (κ1) is 20.0. The van der Waals surface area contributed by atoms with E-state index in [1.807, 2.05) is 4.90 Å². The van der Waals surface area contributed by atoms with Gasteiger partial charge in [-0.1, -0.05) is 11.2 Å². The zero-order chi connectivity index (χ0) is 20.6. The SMILES string of the molecule is COCc1nc(C2CC3(CCN(C(=O)c4ccc(C)c(F)c4)CC3)CN2C)no1. The van der Waals surface area contributed by atoms with Gasteiger partial charge in [-0.3, -0.25) is 9.69 Å². The molecule has 3 heterocycles. The molecular weight excluding hydrogens is 375 g/mol. The standard InChI is InChI=1S/C21H27FN4O3/c1-14-4-5-15(10-16(14)22)20(27)26-8-6-21(7-9-26)11-17(25(2)13-21)19-23-18(12-28-3)29-24-19/h4-5,10,17H,6-9,11-13H2,1-3H3. The van der Waals surface area contributed by atoms with Crippen LogP contribution in [-0.4, -0.2) is 59.6 Å². The first-order valence-corrected chi connectivity index (χ1v) is 9.98. The largest absolute Gasteiger partial charge is 0.375 e. The molecule has 2 fully saturated rings. The predicted octanol–water partition coefficient (Wildman–Crippen LogP) is 2.96. The van der Waals surface area contributed by atoms with Gasteiger partial charge in [-0.05, 0) is 56.3 Å². The molecule has 1 amide bonds. The number of aryl methyl sites for hydroxylation is 1. The van der Waals surface area contributed by atoms with Crippen molar-refractivity contribution in [3.05, 3.63) is 46.9 Å². The third-order valence-corrected chi connectivity index (χ3v) is 6.32. The average molecular weight is 402 g/mol. The zero-order valence-corrected chi connectivity index (χ0v) is 17.2. The van der Waals surface area contributed by atoms with E-state index in [2.05, 4.69) is 22.1 Å². The predicted molar refractivity (Wildman–Crippen MR) is 104 cm³/mol. The maximum atomic E-state index is 13.8. The van der Waals surface area contributed by atoms with Crippen LogP contribution in [0.3, 0.4) is 0 Å². The quantitative estimate of drug-likeness (QED) is 0.783. The number of ether oxygens (including phenoxy) is 1. The van der Waals surface area contributed by atoms with Crippen LogP contribution in [0.4, 0.5) is 4.39 Å². The summed E-state index contributed by atoms with van der Waals surface area (Å²) in [6.45, 7) is 4.30. The van der Waals surface area contributed by atoms with Crippen molar-refractivity contribution in [2.24, 2.45) is 5.41 Å². The van der Waals surface area contributed by atoms with Crippen molar-refractivity contribution in [2.45, 2.75) is 38.8 Å². The number of rotatable bonds is 4. The minimum atomic E-state index is -0.336. The number of likely N-dealkylation sites (tertiary alicyclic amines) is 2. The Morgan fingerprint density at radius 1 is 1.38 bits per heavy atom. The van der Waals surface area contributed by atoms with Crippen molar-refractivity contribution in [3.63, 3.8) is 0 Å². The Hall–Kier alpha value is -2.32. The lowest BCUT2D eigenvalue weighted by Crippen LogP contribution is -2.44.